The van der Waals surface area contributed by atoms with Crippen LogP contribution in [-0.4, -0.2) is 21.8 Å². The lowest BCUT2D eigenvalue weighted by atomic mass is 9.93. The number of pyridine rings is 1. The van der Waals surface area contributed by atoms with Crippen LogP contribution in [0.15, 0.2) is 82.1 Å². The Morgan fingerprint density at radius 3 is 2.53 bits per heavy atom. The number of hydrogen-bond donors (Lipinski definition) is 2. The minimum Gasteiger partial charge on any atom is -0.478 e. The average Bonchev–Trinajstić information content (AvgIpc) is 2.77. The van der Waals surface area contributed by atoms with Gasteiger partial charge in [0, 0.05) is 26.5 Å². The number of H-pyrrole nitrogens is 1. The Morgan fingerprint density at radius 2 is 1.78 bits per heavy atom. The molecular formula is C25H15BrFNO4. The molecule has 1 aromatic heterocycles. The van der Waals surface area contributed by atoms with Crippen molar-refractivity contribution in [1.29, 1.82) is 0 Å². The molecule has 0 aliphatic heterocycles. The zero-order valence-corrected chi connectivity index (χ0v) is 18.0. The highest BCUT2D eigenvalue weighted by Gasteiger charge is 2.21. The monoisotopic (exact) mass is 491 g/mol. The van der Waals surface area contributed by atoms with E-state index in [2.05, 4.69) is 20.9 Å². The fourth-order valence-corrected chi connectivity index (χ4v) is 3.84. The smallest absolute Gasteiger partial charge is 0.335 e. The van der Waals surface area contributed by atoms with Gasteiger partial charge in [-0.1, -0.05) is 52.3 Å². The van der Waals surface area contributed by atoms with Crippen LogP contribution >= 0.6 is 15.9 Å². The summed E-state index contributed by atoms with van der Waals surface area (Å²) < 4.78 is 15.4. The van der Waals surface area contributed by atoms with Crippen LogP contribution in [0, 0.1) is 5.82 Å². The number of benzene rings is 3. The van der Waals surface area contributed by atoms with Gasteiger partial charge < -0.3 is 10.1 Å². The van der Waals surface area contributed by atoms with E-state index in [-0.39, 0.29) is 22.3 Å². The Labute approximate surface area is 190 Å². The molecular weight excluding hydrogens is 477 g/mol. The zero-order valence-electron chi connectivity index (χ0n) is 16.4. The number of carbonyl (C=O) groups is 2. The quantitative estimate of drug-likeness (QED) is 0.277. The van der Waals surface area contributed by atoms with Crippen LogP contribution in [0.2, 0.25) is 0 Å². The van der Waals surface area contributed by atoms with E-state index in [0.29, 0.717) is 20.9 Å². The molecule has 0 aliphatic carbocycles. The van der Waals surface area contributed by atoms with Crippen LogP contribution in [-0.2, 0) is 0 Å². The molecule has 0 unspecified atom stereocenters. The largest absolute Gasteiger partial charge is 0.478 e. The molecule has 0 bridgehead atoms. The van der Waals surface area contributed by atoms with Crippen LogP contribution in [0.5, 0.6) is 0 Å². The third-order valence-corrected chi connectivity index (χ3v) is 5.42. The standard InChI is InChI=1S/C25H15BrFNO4/c26-16-9-10-20-18(13-16)22(17-6-1-2-7-19(17)27)23(24(30)28-20)21(29)11-8-14-4-3-5-15(12-14)25(31)32/h1-13H,(H,28,30)(H,31,32)/b11-8+. The first-order valence-electron chi connectivity index (χ1n) is 9.51. The summed E-state index contributed by atoms with van der Waals surface area (Å²) in [6, 6.07) is 17.1. The Morgan fingerprint density at radius 1 is 1.00 bits per heavy atom. The van der Waals surface area contributed by atoms with Gasteiger partial charge in [-0.25, -0.2) is 9.18 Å². The van der Waals surface area contributed by atoms with E-state index in [9.17, 15) is 18.8 Å². The molecule has 32 heavy (non-hydrogen) atoms. The maximum atomic E-state index is 14.7. The molecule has 7 heteroatoms. The first-order chi connectivity index (χ1) is 15.3. The number of aromatic carboxylic acids is 1. The molecule has 158 valence electrons. The second-order valence-electron chi connectivity index (χ2n) is 7.00. The number of rotatable bonds is 5. The number of ketones is 1. The third kappa shape index (κ3) is 4.15. The van der Waals surface area contributed by atoms with Crippen molar-refractivity contribution in [3.63, 3.8) is 0 Å². The van der Waals surface area contributed by atoms with Crippen molar-refractivity contribution < 1.29 is 19.1 Å². The molecule has 4 aromatic rings. The molecule has 1 heterocycles. The summed E-state index contributed by atoms with van der Waals surface area (Å²) in [4.78, 5) is 39.9. The Balaban J connectivity index is 1.91. The lowest BCUT2D eigenvalue weighted by molar-refractivity contribution is 0.0696. The summed E-state index contributed by atoms with van der Waals surface area (Å²) in [7, 11) is 0. The van der Waals surface area contributed by atoms with Crippen molar-refractivity contribution in [1.82, 2.24) is 4.98 Å². The van der Waals surface area contributed by atoms with E-state index in [0.717, 1.165) is 0 Å². The molecule has 0 atom stereocenters. The summed E-state index contributed by atoms with van der Waals surface area (Å²) in [5, 5.41) is 9.64. The summed E-state index contributed by atoms with van der Waals surface area (Å²) in [5.41, 5.74) is 0.485. The van der Waals surface area contributed by atoms with Crippen LogP contribution in [0.3, 0.4) is 0 Å². The highest BCUT2D eigenvalue weighted by molar-refractivity contribution is 9.10. The van der Waals surface area contributed by atoms with Gasteiger partial charge in [0.2, 0.25) is 0 Å². The summed E-state index contributed by atoms with van der Waals surface area (Å²) in [6.07, 6.45) is 2.60. The summed E-state index contributed by atoms with van der Waals surface area (Å²) in [5.74, 6) is -2.29. The van der Waals surface area contributed by atoms with Gasteiger partial charge in [0.05, 0.1) is 11.1 Å². The SMILES string of the molecule is O=C(O)c1cccc(/C=C/C(=O)c2c(-c3ccccc3F)c3cc(Br)ccc3[nH]c2=O)c1. The van der Waals surface area contributed by atoms with Crippen LogP contribution in [0.4, 0.5) is 4.39 Å². The molecule has 3 aromatic carbocycles. The van der Waals surface area contributed by atoms with Crippen molar-refractivity contribution in [3.05, 3.63) is 110 Å². The first-order valence-corrected chi connectivity index (χ1v) is 10.3. The minimum absolute atomic E-state index is 0.0695. The van der Waals surface area contributed by atoms with E-state index < -0.39 is 23.1 Å². The Hall–Kier alpha value is -3.84. The highest BCUT2D eigenvalue weighted by atomic mass is 79.9. The predicted molar refractivity (Wildman–Crippen MR) is 124 cm³/mol. The summed E-state index contributed by atoms with van der Waals surface area (Å²) >= 11 is 3.38. The number of carbonyl (C=O) groups excluding carboxylic acids is 1. The van der Waals surface area contributed by atoms with E-state index in [1.165, 1.54) is 42.5 Å². The van der Waals surface area contributed by atoms with Gasteiger partial charge in [-0.2, -0.15) is 0 Å². The zero-order chi connectivity index (χ0) is 22.8. The molecule has 0 spiro atoms. The van der Waals surface area contributed by atoms with Crippen LogP contribution in [0.1, 0.15) is 26.3 Å². The van der Waals surface area contributed by atoms with Gasteiger partial charge in [0.25, 0.3) is 5.56 Å². The van der Waals surface area contributed by atoms with E-state index in [1.54, 1.807) is 36.4 Å². The number of fused-ring (bicyclic) bond motifs is 1. The average molecular weight is 492 g/mol. The van der Waals surface area contributed by atoms with Gasteiger partial charge >= 0.3 is 5.97 Å². The maximum absolute atomic E-state index is 14.7. The van der Waals surface area contributed by atoms with Gasteiger partial charge in [-0.15, -0.1) is 0 Å². The summed E-state index contributed by atoms with van der Waals surface area (Å²) in [6.45, 7) is 0. The molecule has 0 amide bonds. The van der Waals surface area contributed by atoms with Crippen molar-refractivity contribution in [2.75, 3.05) is 0 Å². The normalized spacial score (nSPS) is 11.2. The van der Waals surface area contributed by atoms with Crippen LogP contribution < -0.4 is 5.56 Å². The van der Waals surface area contributed by atoms with Crippen LogP contribution in [0.25, 0.3) is 28.1 Å². The van der Waals surface area contributed by atoms with E-state index in [4.69, 9.17) is 5.11 Å². The predicted octanol–water partition coefficient (Wildman–Crippen LogP) is 5.69. The Bertz CT molecular complexity index is 1470. The van der Waals surface area contributed by atoms with E-state index in [1.807, 2.05) is 0 Å². The second kappa shape index (κ2) is 8.72. The third-order valence-electron chi connectivity index (χ3n) is 4.93. The second-order valence-corrected chi connectivity index (χ2v) is 7.92. The van der Waals surface area contributed by atoms with Gasteiger partial charge in [0.15, 0.2) is 5.78 Å². The number of carboxylic acids is 1. The number of allylic oxidation sites excluding steroid dienone is 1. The Kier molecular flexibility index (Phi) is 5.83. The molecule has 4 rings (SSSR count). The molecule has 0 radical (unpaired) electrons. The highest BCUT2D eigenvalue weighted by Crippen LogP contribution is 2.33. The molecule has 5 nitrogen and oxygen atoms in total. The number of nitrogens with one attached hydrogen (secondary N) is 1. The fraction of sp³-hybridized carbons (Fsp3) is 0. The number of aromatic amines is 1. The lowest BCUT2D eigenvalue weighted by Gasteiger charge is -2.12. The molecule has 0 fully saturated rings. The molecule has 0 aliphatic rings. The van der Waals surface area contributed by atoms with Gasteiger partial charge in [-0.3, -0.25) is 9.59 Å². The molecule has 0 saturated carbocycles. The topological polar surface area (TPSA) is 87.2 Å². The maximum Gasteiger partial charge on any atom is 0.335 e. The number of carboxylic acid groups (broad SMARTS) is 1. The van der Waals surface area contributed by atoms with Gasteiger partial charge in [-0.05, 0) is 48.0 Å². The lowest BCUT2D eigenvalue weighted by Crippen LogP contribution is -2.19. The molecule has 2 N–H and O–H groups in total. The van der Waals surface area contributed by atoms with Crippen molar-refractivity contribution >= 4 is 44.7 Å². The van der Waals surface area contributed by atoms with Crippen molar-refractivity contribution in [3.8, 4) is 11.1 Å². The minimum atomic E-state index is -1.09. The van der Waals surface area contributed by atoms with Crippen molar-refractivity contribution in [2.45, 2.75) is 0 Å². The number of aromatic nitrogens is 1. The van der Waals surface area contributed by atoms with Crippen molar-refractivity contribution in [2.24, 2.45) is 0 Å². The van der Waals surface area contributed by atoms with Gasteiger partial charge in [0.1, 0.15) is 5.82 Å². The first kappa shape index (κ1) is 21.4. The molecule has 0 saturated heterocycles. The van der Waals surface area contributed by atoms with E-state index >= 15 is 0 Å². The number of halogens is 2. The fourth-order valence-electron chi connectivity index (χ4n) is 3.47. The number of hydrogen-bond acceptors (Lipinski definition) is 3.